The summed E-state index contributed by atoms with van der Waals surface area (Å²) in [6.45, 7) is 16.5. The fourth-order valence-electron chi connectivity index (χ4n) is 7.81. The van der Waals surface area contributed by atoms with Crippen molar-refractivity contribution in [3.05, 3.63) is 35.4 Å². The first-order chi connectivity index (χ1) is 22.2. The number of Topliss-reactive ketones (excluding diaryl/α,β-unsaturated/α-hetero) is 1. The molecule has 1 saturated heterocycles. The molecule has 1 aromatic rings. The van der Waals surface area contributed by atoms with Crippen molar-refractivity contribution in [2.45, 2.75) is 112 Å². The van der Waals surface area contributed by atoms with Crippen molar-refractivity contribution in [3.8, 4) is 0 Å². The highest BCUT2D eigenvalue weighted by Crippen LogP contribution is 2.65. The molecule has 4 aliphatic rings. The van der Waals surface area contributed by atoms with Gasteiger partial charge in [-0.05, 0) is 58.0 Å². The number of nitrogens with zero attached hydrogens (tertiary/aromatic N) is 2. The van der Waals surface area contributed by atoms with E-state index in [-0.39, 0.29) is 29.1 Å². The van der Waals surface area contributed by atoms with Crippen LogP contribution in [-0.2, 0) is 37.1 Å². The van der Waals surface area contributed by atoms with E-state index >= 15 is 0 Å². The lowest BCUT2D eigenvalue weighted by atomic mass is 9.78. The van der Waals surface area contributed by atoms with Gasteiger partial charge in [0, 0.05) is 19.6 Å². The third-order valence-electron chi connectivity index (χ3n) is 11.1. The average molecular weight is 665 g/mol. The monoisotopic (exact) mass is 664 g/mol. The number of carbonyl (C=O) groups is 6. The molecule has 3 fully saturated rings. The summed E-state index contributed by atoms with van der Waals surface area (Å²) in [7, 11) is 0. The van der Waals surface area contributed by atoms with Gasteiger partial charge in [-0.25, -0.2) is 4.79 Å². The van der Waals surface area contributed by atoms with Crippen LogP contribution in [0.3, 0.4) is 0 Å². The van der Waals surface area contributed by atoms with E-state index in [2.05, 4.69) is 29.8 Å². The number of amides is 6. The molecule has 5 N–H and O–H groups in total. The minimum absolute atomic E-state index is 0.0631. The molecular formula is C36H52N6O6. The number of ketones is 1. The van der Waals surface area contributed by atoms with Crippen LogP contribution < -0.4 is 21.7 Å². The van der Waals surface area contributed by atoms with Crippen LogP contribution in [-0.4, -0.2) is 76.0 Å². The van der Waals surface area contributed by atoms with Crippen LogP contribution in [0.1, 0.15) is 85.8 Å². The smallest absolute Gasteiger partial charge is 0.316 e. The number of primary amides is 1. The molecule has 6 amide bonds. The number of piperidine rings is 1. The highest BCUT2D eigenvalue weighted by molar-refractivity contribution is 6.38. The van der Waals surface area contributed by atoms with E-state index < -0.39 is 64.5 Å². The summed E-state index contributed by atoms with van der Waals surface area (Å²) in [5.74, 6) is -3.31. The third kappa shape index (κ3) is 6.67. The minimum atomic E-state index is -1.10. The Labute approximate surface area is 283 Å². The molecular weight excluding hydrogens is 612 g/mol. The normalized spacial score (nSPS) is 24.7. The van der Waals surface area contributed by atoms with Gasteiger partial charge in [0.15, 0.2) is 0 Å². The molecule has 5 rings (SSSR count). The van der Waals surface area contributed by atoms with Crippen LogP contribution in [0, 0.1) is 34.0 Å². The van der Waals surface area contributed by atoms with Crippen LogP contribution in [0.5, 0.6) is 0 Å². The zero-order valence-corrected chi connectivity index (χ0v) is 29.5. The number of nitrogens with one attached hydrogen (secondary N) is 3. The number of hydrogen-bond donors (Lipinski definition) is 4. The quantitative estimate of drug-likeness (QED) is 0.296. The average Bonchev–Trinajstić information content (AvgIpc) is 3.33. The molecule has 0 aromatic heterocycles. The second-order valence-corrected chi connectivity index (χ2v) is 17.0. The molecule has 12 nitrogen and oxygen atoms in total. The molecule has 0 spiro atoms. The third-order valence-corrected chi connectivity index (χ3v) is 11.1. The number of hydrogen-bond acceptors (Lipinski definition) is 6. The van der Waals surface area contributed by atoms with Gasteiger partial charge in [-0.15, -0.1) is 0 Å². The van der Waals surface area contributed by atoms with Crippen molar-refractivity contribution >= 4 is 35.4 Å². The predicted molar refractivity (Wildman–Crippen MR) is 179 cm³/mol. The van der Waals surface area contributed by atoms with Crippen LogP contribution >= 0.6 is 0 Å². The van der Waals surface area contributed by atoms with Crippen molar-refractivity contribution in [1.29, 1.82) is 0 Å². The number of carbonyl (C=O) groups excluding carboxylic acids is 6. The molecule has 262 valence electrons. The summed E-state index contributed by atoms with van der Waals surface area (Å²) in [5.41, 5.74) is 5.89. The van der Waals surface area contributed by atoms with Gasteiger partial charge in [0.25, 0.3) is 5.91 Å². The Morgan fingerprint density at radius 1 is 0.833 bits per heavy atom. The first kappa shape index (κ1) is 35.3. The first-order valence-corrected chi connectivity index (χ1v) is 17.1. The molecule has 1 unspecified atom stereocenters. The van der Waals surface area contributed by atoms with E-state index in [0.29, 0.717) is 32.5 Å². The van der Waals surface area contributed by atoms with E-state index in [1.807, 2.05) is 65.8 Å². The van der Waals surface area contributed by atoms with Crippen molar-refractivity contribution in [3.63, 3.8) is 0 Å². The Bertz CT molecular complexity index is 1480. The van der Waals surface area contributed by atoms with E-state index in [4.69, 9.17) is 5.73 Å². The highest BCUT2D eigenvalue weighted by atomic mass is 16.2. The Balaban J connectivity index is 1.33. The molecule has 1 aromatic carbocycles. The summed E-state index contributed by atoms with van der Waals surface area (Å²) in [5, 5.41) is 8.54. The van der Waals surface area contributed by atoms with Gasteiger partial charge in [-0.3, -0.25) is 24.0 Å². The molecule has 12 heteroatoms. The van der Waals surface area contributed by atoms with Gasteiger partial charge < -0.3 is 31.5 Å². The zero-order valence-electron chi connectivity index (χ0n) is 29.5. The van der Waals surface area contributed by atoms with Gasteiger partial charge in [-0.2, -0.15) is 0 Å². The highest BCUT2D eigenvalue weighted by Gasteiger charge is 2.70. The Morgan fingerprint density at radius 2 is 1.35 bits per heavy atom. The van der Waals surface area contributed by atoms with E-state index in [1.54, 1.807) is 4.90 Å². The number of urea groups is 1. The van der Waals surface area contributed by atoms with Crippen molar-refractivity contribution < 1.29 is 28.8 Å². The largest absolute Gasteiger partial charge is 0.363 e. The van der Waals surface area contributed by atoms with Gasteiger partial charge in [0.2, 0.25) is 23.5 Å². The number of benzene rings is 1. The molecule has 2 heterocycles. The van der Waals surface area contributed by atoms with Crippen molar-refractivity contribution in [1.82, 2.24) is 25.8 Å². The van der Waals surface area contributed by atoms with Crippen LogP contribution in [0.2, 0.25) is 0 Å². The maximum atomic E-state index is 14.4. The summed E-state index contributed by atoms with van der Waals surface area (Å²) in [6.07, 6.45) is 2.29. The fraction of sp³-hybridized carbons (Fsp3) is 0.667. The standard InChI is InChI=1S/C36H52N6O6/c1-34(2,3)27(31(46)41-16-20-12-9-10-13-21(20)17-41)39-33(48)40-28(35(4,5)6)32(47)42-18-22-23(36(22,7)8)25(42)30(45)38-24(19-14-11-15-19)26(43)29(37)44/h9-10,12-13,19,22-25,27-28H,11,14-18H2,1-8H3,(H2,37,44)(H,38,45)(H2,39,40,48)/t22-,23-,24?,25-,27+,28+/m0/s1. The Morgan fingerprint density at radius 3 is 1.81 bits per heavy atom. The molecule has 48 heavy (non-hydrogen) atoms. The summed E-state index contributed by atoms with van der Waals surface area (Å²) in [6, 6.07) is 3.41. The Hall–Kier alpha value is -3.96. The second kappa shape index (κ2) is 12.5. The lowest BCUT2D eigenvalue weighted by Gasteiger charge is -2.39. The van der Waals surface area contributed by atoms with Crippen LogP contribution in [0.15, 0.2) is 24.3 Å². The van der Waals surface area contributed by atoms with Gasteiger partial charge in [-0.1, -0.05) is 86.1 Å². The molecule has 2 saturated carbocycles. The maximum absolute atomic E-state index is 14.4. The predicted octanol–water partition coefficient (Wildman–Crippen LogP) is 2.48. The summed E-state index contributed by atoms with van der Waals surface area (Å²) >= 11 is 0. The van der Waals surface area contributed by atoms with Crippen molar-refractivity contribution in [2.75, 3.05) is 6.54 Å². The molecule has 2 aliphatic carbocycles. The summed E-state index contributed by atoms with van der Waals surface area (Å²) < 4.78 is 0. The van der Waals surface area contributed by atoms with E-state index in [9.17, 15) is 28.8 Å². The molecule has 0 bridgehead atoms. The topological polar surface area (TPSA) is 171 Å². The van der Waals surface area contributed by atoms with E-state index in [1.165, 1.54) is 4.90 Å². The van der Waals surface area contributed by atoms with E-state index in [0.717, 1.165) is 17.5 Å². The van der Waals surface area contributed by atoms with Crippen LogP contribution in [0.4, 0.5) is 4.79 Å². The Kier molecular flexibility index (Phi) is 9.20. The lowest BCUT2D eigenvalue weighted by molar-refractivity contribution is -0.145. The second-order valence-electron chi connectivity index (χ2n) is 17.0. The van der Waals surface area contributed by atoms with Crippen molar-refractivity contribution in [2.24, 2.45) is 39.7 Å². The van der Waals surface area contributed by atoms with Crippen LogP contribution in [0.25, 0.3) is 0 Å². The fourth-order valence-corrected chi connectivity index (χ4v) is 7.81. The lowest BCUT2D eigenvalue weighted by Crippen LogP contribution is -2.63. The molecule has 2 aliphatic heterocycles. The molecule has 0 radical (unpaired) electrons. The van der Waals surface area contributed by atoms with Gasteiger partial charge in [0.1, 0.15) is 24.2 Å². The first-order valence-electron chi connectivity index (χ1n) is 17.1. The van der Waals surface area contributed by atoms with Gasteiger partial charge >= 0.3 is 6.03 Å². The number of nitrogens with two attached hydrogens (primary N) is 1. The number of rotatable bonds is 9. The minimum Gasteiger partial charge on any atom is -0.363 e. The SMILES string of the molecule is CC(C)(C)[C@H](NC(=O)N[C@H](C(=O)N1C[C@H]2[C@@H]([C@H]1C(=O)NC(C(=O)C(N)=O)C1CCC1)C2(C)C)C(C)(C)C)C(=O)N1Cc2ccccc2C1. The maximum Gasteiger partial charge on any atom is 0.316 e. The summed E-state index contributed by atoms with van der Waals surface area (Å²) in [4.78, 5) is 83.6. The number of likely N-dealkylation sites (tertiary alicyclic amines) is 1. The number of fused-ring (bicyclic) bond motifs is 2. The zero-order chi connectivity index (χ0) is 35.5. The molecule has 6 atom stereocenters. The van der Waals surface area contributed by atoms with Gasteiger partial charge in [0.05, 0.1) is 0 Å².